The fourth-order valence-electron chi connectivity index (χ4n) is 1.69. The van der Waals surface area contributed by atoms with Gasteiger partial charge in [-0.1, -0.05) is 0 Å². The van der Waals surface area contributed by atoms with E-state index in [4.69, 9.17) is 0 Å². The topological polar surface area (TPSA) is 28.7 Å². The molecule has 3 rings (SSSR count). The molecule has 0 bridgehead atoms. The largest absolute Gasteiger partial charge is 0.281 e. The first-order valence-electron chi connectivity index (χ1n) is 4.48. The zero-order valence-corrected chi connectivity index (χ0v) is 7.05. The number of nitrogens with zero attached hydrogens (tertiary/aromatic N) is 1. The Morgan fingerprint density at radius 3 is 3.00 bits per heavy atom. The maximum atomic E-state index is 12.8. The highest BCUT2D eigenvalue weighted by molar-refractivity contribution is 5.82. The predicted molar refractivity (Wildman–Crippen MR) is 48.0 cm³/mol. The van der Waals surface area contributed by atoms with Gasteiger partial charge in [0.15, 0.2) is 0 Å². The number of nitrogens with one attached hydrogen (secondary N) is 1. The standard InChI is InChI=1S/C10H9FN2/c11-7-3-4-8-9(5-7)12-13-10(8)6-1-2-6/h3-6H,1-2H2,(H,12,13). The maximum Gasteiger partial charge on any atom is 0.125 e. The molecule has 1 N–H and O–H groups in total. The lowest BCUT2D eigenvalue weighted by atomic mass is 10.1. The van der Waals surface area contributed by atoms with Gasteiger partial charge in [-0.15, -0.1) is 0 Å². The molecular weight excluding hydrogens is 167 g/mol. The molecule has 1 fully saturated rings. The van der Waals surface area contributed by atoms with Crippen LogP contribution in [-0.4, -0.2) is 10.2 Å². The average Bonchev–Trinajstić information content (AvgIpc) is 2.87. The summed E-state index contributed by atoms with van der Waals surface area (Å²) in [5, 5.41) is 8.14. The molecule has 0 saturated heterocycles. The van der Waals surface area contributed by atoms with Gasteiger partial charge in [0.1, 0.15) is 5.82 Å². The van der Waals surface area contributed by atoms with Crippen molar-refractivity contribution in [2.75, 3.05) is 0 Å². The Labute approximate surface area is 74.8 Å². The Kier molecular flexibility index (Phi) is 1.26. The summed E-state index contributed by atoms with van der Waals surface area (Å²) in [6.45, 7) is 0. The van der Waals surface area contributed by atoms with Crippen molar-refractivity contribution in [1.82, 2.24) is 10.2 Å². The van der Waals surface area contributed by atoms with E-state index in [-0.39, 0.29) is 5.82 Å². The number of fused-ring (bicyclic) bond motifs is 1. The Morgan fingerprint density at radius 1 is 1.38 bits per heavy atom. The molecule has 0 atom stereocenters. The van der Waals surface area contributed by atoms with Crippen molar-refractivity contribution in [1.29, 1.82) is 0 Å². The molecule has 1 aromatic heterocycles. The van der Waals surface area contributed by atoms with Crippen LogP contribution in [-0.2, 0) is 0 Å². The van der Waals surface area contributed by atoms with Gasteiger partial charge in [0.05, 0.1) is 5.52 Å². The van der Waals surface area contributed by atoms with E-state index in [1.807, 2.05) is 6.07 Å². The van der Waals surface area contributed by atoms with Gasteiger partial charge in [-0.25, -0.2) is 4.39 Å². The SMILES string of the molecule is Fc1ccc2c(C3CC3)[nH]nc2c1. The third kappa shape index (κ3) is 1.03. The van der Waals surface area contributed by atoms with E-state index in [9.17, 15) is 4.39 Å². The summed E-state index contributed by atoms with van der Waals surface area (Å²) in [6.07, 6.45) is 2.46. The molecule has 0 spiro atoms. The number of rotatable bonds is 1. The monoisotopic (exact) mass is 176 g/mol. The Morgan fingerprint density at radius 2 is 2.23 bits per heavy atom. The summed E-state index contributed by atoms with van der Waals surface area (Å²) in [4.78, 5) is 0. The van der Waals surface area contributed by atoms with E-state index >= 15 is 0 Å². The number of aromatic nitrogens is 2. The molecule has 1 aliphatic carbocycles. The second-order valence-electron chi connectivity index (χ2n) is 3.57. The average molecular weight is 176 g/mol. The summed E-state index contributed by atoms with van der Waals surface area (Å²) in [6, 6.07) is 4.77. The van der Waals surface area contributed by atoms with Crippen LogP contribution < -0.4 is 0 Å². The molecule has 1 aliphatic rings. The van der Waals surface area contributed by atoms with Crippen LogP contribution in [0, 0.1) is 5.82 Å². The van der Waals surface area contributed by atoms with Gasteiger partial charge < -0.3 is 0 Å². The number of aromatic amines is 1. The second-order valence-corrected chi connectivity index (χ2v) is 3.57. The van der Waals surface area contributed by atoms with Gasteiger partial charge >= 0.3 is 0 Å². The van der Waals surface area contributed by atoms with Crippen LogP contribution in [0.3, 0.4) is 0 Å². The number of benzene rings is 1. The van der Waals surface area contributed by atoms with Crippen LogP contribution in [0.5, 0.6) is 0 Å². The lowest BCUT2D eigenvalue weighted by Crippen LogP contribution is -1.78. The summed E-state index contributed by atoms with van der Waals surface area (Å²) in [5.41, 5.74) is 1.91. The van der Waals surface area contributed by atoms with Crippen molar-refractivity contribution in [2.24, 2.45) is 0 Å². The normalized spacial score (nSPS) is 16.7. The molecule has 2 nitrogen and oxygen atoms in total. The summed E-state index contributed by atoms with van der Waals surface area (Å²) < 4.78 is 12.8. The van der Waals surface area contributed by atoms with E-state index in [0.717, 1.165) is 10.9 Å². The van der Waals surface area contributed by atoms with Crippen molar-refractivity contribution >= 4 is 10.9 Å². The highest BCUT2D eigenvalue weighted by atomic mass is 19.1. The van der Waals surface area contributed by atoms with Crippen molar-refractivity contribution in [3.8, 4) is 0 Å². The zero-order valence-electron chi connectivity index (χ0n) is 7.05. The molecule has 66 valence electrons. The minimum atomic E-state index is -0.221. The fourth-order valence-corrected chi connectivity index (χ4v) is 1.69. The molecule has 2 aromatic rings. The summed E-state index contributed by atoms with van der Waals surface area (Å²) in [7, 11) is 0. The minimum Gasteiger partial charge on any atom is -0.281 e. The van der Waals surface area contributed by atoms with Gasteiger partial charge in [0, 0.05) is 23.1 Å². The quantitative estimate of drug-likeness (QED) is 0.710. The molecule has 13 heavy (non-hydrogen) atoms. The molecular formula is C10H9FN2. The van der Waals surface area contributed by atoms with E-state index in [1.54, 1.807) is 0 Å². The smallest absolute Gasteiger partial charge is 0.125 e. The van der Waals surface area contributed by atoms with Gasteiger partial charge in [-0.2, -0.15) is 5.10 Å². The van der Waals surface area contributed by atoms with E-state index < -0.39 is 0 Å². The molecule has 3 heteroatoms. The Balaban J connectivity index is 2.26. The molecule has 0 amide bonds. The van der Waals surface area contributed by atoms with Crippen molar-refractivity contribution < 1.29 is 4.39 Å². The first kappa shape index (κ1) is 7.06. The lowest BCUT2D eigenvalue weighted by molar-refractivity contribution is 0.629. The summed E-state index contributed by atoms with van der Waals surface area (Å²) >= 11 is 0. The number of hydrogen-bond acceptors (Lipinski definition) is 1. The summed E-state index contributed by atoms with van der Waals surface area (Å²) in [5.74, 6) is 0.414. The lowest BCUT2D eigenvalue weighted by Gasteiger charge is -1.92. The molecule has 0 radical (unpaired) electrons. The Bertz CT molecular complexity index is 457. The van der Waals surface area contributed by atoms with Crippen LogP contribution in [0.25, 0.3) is 10.9 Å². The van der Waals surface area contributed by atoms with Gasteiger partial charge in [-0.3, -0.25) is 5.10 Å². The molecule has 0 unspecified atom stereocenters. The van der Waals surface area contributed by atoms with Crippen molar-refractivity contribution in [2.45, 2.75) is 18.8 Å². The predicted octanol–water partition coefficient (Wildman–Crippen LogP) is 2.58. The van der Waals surface area contributed by atoms with Crippen molar-refractivity contribution in [3.05, 3.63) is 29.7 Å². The third-order valence-electron chi connectivity index (χ3n) is 2.53. The fraction of sp³-hybridized carbons (Fsp3) is 0.300. The number of halogens is 1. The zero-order chi connectivity index (χ0) is 8.84. The molecule has 1 saturated carbocycles. The van der Waals surface area contributed by atoms with Gasteiger partial charge in [0.25, 0.3) is 0 Å². The van der Waals surface area contributed by atoms with Crippen LogP contribution in [0.4, 0.5) is 4.39 Å². The van der Waals surface area contributed by atoms with Gasteiger partial charge in [-0.05, 0) is 25.0 Å². The second kappa shape index (κ2) is 2.31. The molecule has 0 aliphatic heterocycles. The van der Waals surface area contributed by atoms with E-state index in [1.165, 1.54) is 30.7 Å². The highest BCUT2D eigenvalue weighted by Crippen LogP contribution is 2.41. The van der Waals surface area contributed by atoms with Crippen LogP contribution >= 0.6 is 0 Å². The van der Waals surface area contributed by atoms with Crippen molar-refractivity contribution in [3.63, 3.8) is 0 Å². The van der Waals surface area contributed by atoms with E-state index in [0.29, 0.717) is 5.92 Å². The first-order chi connectivity index (χ1) is 6.34. The third-order valence-corrected chi connectivity index (χ3v) is 2.53. The first-order valence-corrected chi connectivity index (χ1v) is 4.48. The maximum absolute atomic E-state index is 12.8. The highest BCUT2D eigenvalue weighted by Gasteiger charge is 2.27. The van der Waals surface area contributed by atoms with Crippen LogP contribution in [0.15, 0.2) is 18.2 Å². The van der Waals surface area contributed by atoms with Gasteiger partial charge in [0.2, 0.25) is 0 Å². The number of hydrogen-bond donors (Lipinski definition) is 1. The minimum absolute atomic E-state index is 0.221. The van der Waals surface area contributed by atoms with Crippen LogP contribution in [0.1, 0.15) is 24.5 Å². The molecule has 1 heterocycles. The van der Waals surface area contributed by atoms with Crippen LogP contribution in [0.2, 0.25) is 0 Å². The van der Waals surface area contributed by atoms with E-state index in [2.05, 4.69) is 10.2 Å². The Hall–Kier alpha value is -1.38. The number of H-pyrrole nitrogens is 1. The molecule has 1 aromatic carbocycles.